The predicted molar refractivity (Wildman–Crippen MR) is 90.2 cm³/mol. The Morgan fingerprint density at radius 2 is 2.08 bits per heavy atom. The van der Waals surface area contributed by atoms with Crippen molar-refractivity contribution in [3.8, 4) is 6.07 Å². The first-order valence-electron chi connectivity index (χ1n) is 7.70. The van der Waals surface area contributed by atoms with Crippen LogP contribution in [0.4, 0.5) is 5.69 Å². The van der Waals surface area contributed by atoms with Crippen molar-refractivity contribution in [2.24, 2.45) is 0 Å². The summed E-state index contributed by atoms with van der Waals surface area (Å²) in [5.41, 5.74) is 0.995. The number of carbonyl (C=O) groups is 2. The zero-order valence-electron chi connectivity index (χ0n) is 12.9. The molecule has 3 rings (SSSR count). The van der Waals surface area contributed by atoms with Gasteiger partial charge in [0.15, 0.2) is 0 Å². The number of thiazole rings is 1. The van der Waals surface area contributed by atoms with E-state index in [0.717, 1.165) is 24.3 Å². The third-order valence-electron chi connectivity index (χ3n) is 3.97. The van der Waals surface area contributed by atoms with E-state index in [2.05, 4.69) is 10.3 Å². The van der Waals surface area contributed by atoms with Gasteiger partial charge in [-0.3, -0.25) is 9.59 Å². The zero-order valence-corrected chi connectivity index (χ0v) is 13.8. The number of benzene rings is 1. The second-order valence-electron chi connectivity index (χ2n) is 5.52. The minimum Gasteiger partial charge on any atom is -0.325 e. The molecule has 1 aromatic carbocycles. The Bertz CT molecular complexity index is 765. The number of nitrogens with one attached hydrogen (secondary N) is 1. The van der Waals surface area contributed by atoms with E-state index in [4.69, 9.17) is 5.26 Å². The normalized spacial score (nSPS) is 17.1. The second kappa shape index (κ2) is 7.23. The van der Waals surface area contributed by atoms with Crippen LogP contribution in [0.3, 0.4) is 0 Å². The Balaban J connectivity index is 1.71. The van der Waals surface area contributed by atoms with Crippen LogP contribution in [0, 0.1) is 11.3 Å². The quantitative estimate of drug-likeness (QED) is 0.852. The summed E-state index contributed by atoms with van der Waals surface area (Å²) in [4.78, 5) is 30.8. The average molecular weight is 340 g/mol. The van der Waals surface area contributed by atoms with Crippen molar-refractivity contribution in [2.75, 3.05) is 11.9 Å². The van der Waals surface area contributed by atoms with Gasteiger partial charge in [0.25, 0.3) is 0 Å². The third-order valence-corrected chi connectivity index (χ3v) is 4.84. The Morgan fingerprint density at radius 3 is 2.75 bits per heavy atom. The van der Waals surface area contributed by atoms with Gasteiger partial charge in [0.1, 0.15) is 5.01 Å². The lowest BCUT2D eigenvalue weighted by Crippen LogP contribution is -2.44. The molecule has 0 unspecified atom stereocenters. The molecule has 6 nitrogen and oxygen atoms in total. The molecular formula is C17H16N4O2S. The van der Waals surface area contributed by atoms with E-state index in [0.29, 0.717) is 17.8 Å². The minimum absolute atomic E-state index is 0.127. The van der Waals surface area contributed by atoms with Crippen LogP contribution >= 0.6 is 11.3 Å². The van der Waals surface area contributed by atoms with Crippen LogP contribution in [0.5, 0.6) is 0 Å². The van der Waals surface area contributed by atoms with Crippen LogP contribution in [0.15, 0.2) is 35.8 Å². The van der Waals surface area contributed by atoms with Crippen molar-refractivity contribution in [1.29, 1.82) is 5.26 Å². The van der Waals surface area contributed by atoms with Crippen LogP contribution in [-0.2, 0) is 9.59 Å². The number of nitriles is 1. The van der Waals surface area contributed by atoms with Crippen molar-refractivity contribution in [2.45, 2.75) is 25.3 Å². The summed E-state index contributed by atoms with van der Waals surface area (Å²) in [5, 5.41) is 14.1. The lowest BCUT2D eigenvalue weighted by atomic mass is 10.0. The van der Waals surface area contributed by atoms with Gasteiger partial charge in [-0.1, -0.05) is 0 Å². The maximum Gasteiger partial charge on any atom is 0.313 e. The summed E-state index contributed by atoms with van der Waals surface area (Å²) in [6.07, 6.45) is 4.44. The molecule has 7 heteroatoms. The number of nitrogens with zero attached hydrogens (tertiary/aromatic N) is 3. The first-order chi connectivity index (χ1) is 11.7. The maximum absolute atomic E-state index is 12.6. The molecule has 2 amide bonds. The summed E-state index contributed by atoms with van der Waals surface area (Å²) in [7, 11) is 0. The SMILES string of the molecule is N#Cc1ccc(NC(=O)C(=O)N2CCCC[C@H]2c2nccs2)cc1. The van der Waals surface area contributed by atoms with Gasteiger partial charge in [-0.2, -0.15) is 5.26 Å². The number of amides is 2. The number of carbonyl (C=O) groups excluding carboxylic acids is 2. The maximum atomic E-state index is 12.6. The van der Waals surface area contributed by atoms with Gasteiger partial charge < -0.3 is 10.2 Å². The van der Waals surface area contributed by atoms with Crippen molar-refractivity contribution < 1.29 is 9.59 Å². The van der Waals surface area contributed by atoms with Gasteiger partial charge in [0.05, 0.1) is 17.7 Å². The topological polar surface area (TPSA) is 86.1 Å². The number of rotatable bonds is 2. The van der Waals surface area contributed by atoms with Crippen molar-refractivity contribution in [3.63, 3.8) is 0 Å². The number of anilines is 1. The predicted octanol–water partition coefficient (Wildman–Crippen LogP) is 2.71. The first kappa shape index (κ1) is 16.1. The fraction of sp³-hybridized carbons (Fsp3) is 0.294. The molecule has 122 valence electrons. The number of piperidine rings is 1. The summed E-state index contributed by atoms with van der Waals surface area (Å²) < 4.78 is 0. The average Bonchev–Trinajstić information content (AvgIpc) is 3.16. The molecule has 0 spiro atoms. The second-order valence-corrected chi connectivity index (χ2v) is 6.45. The van der Waals surface area contributed by atoms with Crippen molar-refractivity contribution >= 4 is 28.8 Å². The summed E-state index contributed by atoms with van der Waals surface area (Å²) in [5.74, 6) is -1.21. The van der Waals surface area contributed by atoms with Gasteiger partial charge in [-0.15, -0.1) is 11.3 Å². The van der Waals surface area contributed by atoms with Crippen LogP contribution in [0.1, 0.15) is 35.9 Å². The third kappa shape index (κ3) is 3.44. The van der Waals surface area contributed by atoms with E-state index in [-0.39, 0.29) is 6.04 Å². The Hall–Kier alpha value is -2.72. The van der Waals surface area contributed by atoms with Crippen LogP contribution in [0.2, 0.25) is 0 Å². The molecule has 1 fully saturated rings. The molecular weight excluding hydrogens is 324 g/mol. The van der Waals surface area contributed by atoms with Gasteiger partial charge in [0, 0.05) is 23.8 Å². The Kier molecular flexibility index (Phi) is 4.87. The highest BCUT2D eigenvalue weighted by atomic mass is 32.1. The highest BCUT2D eigenvalue weighted by molar-refractivity contribution is 7.09. The van der Waals surface area contributed by atoms with E-state index in [1.54, 1.807) is 35.4 Å². The van der Waals surface area contributed by atoms with E-state index in [9.17, 15) is 9.59 Å². The smallest absolute Gasteiger partial charge is 0.313 e. The monoisotopic (exact) mass is 340 g/mol. The Labute approximate surface area is 143 Å². The molecule has 1 aromatic heterocycles. The lowest BCUT2D eigenvalue weighted by Gasteiger charge is -2.33. The standard InChI is InChI=1S/C17H16N4O2S/c18-11-12-4-6-13(7-5-12)20-15(22)17(23)21-9-2-1-3-14(21)16-19-8-10-24-16/h4-8,10,14H,1-3,9H2,(H,20,22)/t14-/m0/s1. The number of aromatic nitrogens is 1. The molecule has 1 aliphatic heterocycles. The van der Waals surface area contributed by atoms with Gasteiger partial charge in [0.2, 0.25) is 0 Å². The van der Waals surface area contributed by atoms with Gasteiger partial charge >= 0.3 is 11.8 Å². The fourth-order valence-electron chi connectivity index (χ4n) is 2.77. The largest absolute Gasteiger partial charge is 0.325 e. The number of hydrogen-bond acceptors (Lipinski definition) is 5. The summed E-state index contributed by atoms with van der Waals surface area (Å²) in [6, 6.07) is 8.29. The molecule has 1 aliphatic rings. The summed E-state index contributed by atoms with van der Waals surface area (Å²) in [6.45, 7) is 0.559. The first-order valence-corrected chi connectivity index (χ1v) is 8.58. The molecule has 1 N–H and O–H groups in total. The van der Waals surface area contributed by atoms with E-state index in [1.165, 1.54) is 11.3 Å². The number of likely N-dealkylation sites (tertiary alicyclic amines) is 1. The molecule has 2 heterocycles. The highest BCUT2D eigenvalue weighted by Crippen LogP contribution is 2.32. The molecule has 1 saturated heterocycles. The lowest BCUT2D eigenvalue weighted by molar-refractivity contribution is -0.145. The van der Waals surface area contributed by atoms with Crippen LogP contribution in [-0.4, -0.2) is 28.2 Å². The van der Waals surface area contributed by atoms with Crippen LogP contribution < -0.4 is 5.32 Å². The molecule has 0 aliphatic carbocycles. The molecule has 2 aromatic rings. The molecule has 24 heavy (non-hydrogen) atoms. The van der Waals surface area contributed by atoms with E-state index >= 15 is 0 Å². The highest BCUT2D eigenvalue weighted by Gasteiger charge is 2.33. The Morgan fingerprint density at radius 1 is 1.29 bits per heavy atom. The van der Waals surface area contributed by atoms with Crippen molar-refractivity contribution in [1.82, 2.24) is 9.88 Å². The van der Waals surface area contributed by atoms with Gasteiger partial charge in [-0.05, 0) is 43.5 Å². The number of hydrogen-bond donors (Lipinski definition) is 1. The summed E-state index contributed by atoms with van der Waals surface area (Å²) >= 11 is 1.50. The molecule has 0 radical (unpaired) electrons. The van der Waals surface area contributed by atoms with E-state index < -0.39 is 11.8 Å². The fourth-order valence-corrected chi connectivity index (χ4v) is 3.56. The minimum atomic E-state index is -0.664. The zero-order chi connectivity index (χ0) is 16.9. The van der Waals surface area contributed by atoms with Gasteiger partial charge in [-0.25, -0.2) is 4.98 Å². The molecule has 0 saturated carbocycles. The van der Waals surface area contributed by atoms with Crippen molar-refractivity contribution in [3.05, 3.63) is 46.4 Å². The van der Waals surface area contributed by atoms with Crippen LogP contribution in [0.25, 0.3) is 0 Å². The molecule has 0 bridgehead atoms. The molecule has 1 atom stereocenters. The van der Waals surface area contributed by atoms with E-state index in [1.807, 2.05) is 11.4 Å².